The monoisotopic (exact) mass is 425 g/mol. The van der Waals surface area contributed by atoms with Crippen LogP contribution in [0.25, 0.3) is 27.8 Å². The third kappa shape index (κ3) is 3.11. The summed E-state index contributed by atoms with van der Waals surface area (Å²) in [4.78, 5) is 34.6. The Morgan fingerprint density at radius 1 is 0.969 bits per heavy atom. The first-order valence-corrected chi connectivity index (χ1v) is 10.4. The predicted molar refractivity (Wildman–Crippen MR) is 125 cm³/mol. The van der Waals surface area contributed by atoms with Crippen molar-refractivity contribution in [1.29, 1.82) is 0 Å². The molecule has 0 amide bonds. The quantitative estimate of drug-likeness (QED) is 0.449. The molecule has 0 aliphatic carbocycles. The van der Waals surface area contributed by atoms with Gasteiger partial charge >= 0.3 is 0 Å². The van der Waals surface area contributed by atoms with Crippen molar-refractivity contribution in [3.8, 4) is 5.69 Å². The number of benzene rings is 2. The van der Waals surface area contributed by atoms with Crippen molar-refractivity contribution in [1.82, 2.24) is 29.5 Å². The molecular formula is C24H23N7O. The van der Waals surface area contributed by atoms with E-state index in [0.717, 1.165) is 22.4 Å². The summed E-state index contributed by atoms with van der Waals surface area (Å²) in [5.74, 6) is 1.21. The maximum Gasteiger partial charge on any atom is 0.266 e. The number of nitrogens with one attached hydrogen (secondary N) is 2. The minimum atomic E-state index is -0.326. The SMILES string of the molecule is Cc1cccc(C)c1-n1c(C(C)Nc2ncnc3nc[nH]c23)nc2cccc(C)c2c1=O. The van der Waals surface area contributed by atoms with Gasteiger partial charge < -0.3 is 10.3 Å². The first-order chi connectivity index (χ1) is 15.5. The zero-order chi connectivity index (χ0) is 22.4. The minimum Gasteiger partial charge on any atom is -0.358 e. The van der Waals surface area contributed by atoms with E-state index < -0.39 is 0 Å². The number of imidazole rings is 1. The fraction of sp³-hybridized carbons (Fsp3) is 0.208. The number of H-pyrrole nitrogens is 1. The number of hydrogen-bond donors (Lipinski definition) is 2. The van der Waals surface area contributed by atoms with Gasteiger partial charge in [-0.05, 0) is 50.5 Å². The molecule has 3 heterocycles. The van der Waals surface area contributed by atoms with Crippen molar-refractivity contribution in [3.05, 3.63) is 81.9 Å². The van der Waals surface area contributed by atoms with E-state index in [2.05, 4.69) is 25.3 Å². The normalized spacial score (nSPS) is 12.4. The summed E-state index contributed by atoms with van der Waals surface area (Å²) in [5.41, 5.74) is 5.65. The average molecular weight is 425 g/mol. The van der Waals surface area contributed by atoms with Crippen molar-refractivity contribution in [2.24, 2.45) is 0 Å². The van der Waals surface area contributed by atoms with Gasteiger partial charge in [-0.3, -0.25) is 9.36 Å². The Balaban J connectivity index is 1.76. The van der Waals surface area contributed by atoms with Crippen molar-refractivity contribution in [2.75, 3.05) is 5.32 Å². The molecule has 32 heavy (non-hydrogen) atoms. The molecule has 5 rings (SSSR count). The summed E-state index contributed by atoms with van der Waals surface area (Å²) in [7, 11) is 0. The smallest absolute Gasteiger partial charge is 0.266 e. The van der Waals surface area contributed by atoms with Crippen LogP contribution < -0.4 is 10.9 Å². The van der Waals surface area contributed by atoms with Gasteiger partial charge in [0.05, 0.1) is 29.0 Å². The minimum absolute atomic E-state index is 0.0801. The second-order valence-electron chi connectivity index (χ2n) is 8.01. The van der Waals surface area contributed by atoms with Crippen LogP contribution in [0.2, 0.25) is 0 Å². The molecule has 0 aliphatic rings. The molecular weight excluding hydrogens is 402 g/mol. The molecule has 8 heteroatoms. The molecule has 1 unspecified atom stereocenters. The molecule has 0 aliphatic heterocycles. The Hall–Kier alpha value is -4.07. The summed E-state index contributed by atoms with van der Waals surface area (Å²) in [6, 6.07) is 11.4. The molecule has 3 aromatic heterocycles. The summed E-state index contributed by atoms with van der Waals surface area (Å²) < 4.78 is 1.74. The van der Waals surface area contributed by atoms with E-state index in [1.165, 1.54) is 6.33 Å². The molecule has 0 saturated carbocycles. The number of anilines is 1. The largest absolute Gasteiger partial charge is 0.358 e. The van der Waals surface area contributed by atoms with Crippen molar-refractivity contribution in [3.63, 3.8) is 0 Å². The highest BCUT2D eigenvalue weighted by atomic mass is 16.1. The zero-order valence-electron chi connectivity index (χ0n) is 18.3. The number of fused-ring (bicyclic) bond motifs is 2. The van der Waals surface area contributed by atoms with Gasteiger partial charge in [-0.2, -0.15) is 0 Å². The van der Waals surface area contributed by atoms with E-state index in [9.17, 15) is 4.79 Å². The van der Waals surface area contributed by atoms with Gasteiger partial charge in [-0.15, -0.1) is 0 Å². The van der Waals surface area contributed by atoms with Crippen LogP contribution in [0.4, 0.5) is 5.82 Å². The molecule has 8 nitrogen and oxygen atoms in total. The number of aromatic amines is 1. The summed E-state index contributed by atoms with van der Waals surface area (Å²) in [5, 5.41) is 4.03. The first-order valence-electron chi connectivity index (χ1n) is 10.4. The van der Waals surface area contributed by atoms with Gasteiger partial charge in [0.1, 0.15) is 17.7 Å². The first kappa shape index (κ1) is 19.9. The maximum absolute atomic E-state index is 13.9. The van der Waals surface area contributed by atoms with E-state index in [1.807, 2.05) is 64.1 Å². The highest BCUT2D eigenvalue weighted by Crippen LogP contribution is 2.26. The Morgan fingerprint density at radius 2 is 1.69 bits per heavy atom. The summed E-state index contributed by atoms with van der Waals surface area (Å²) in [6.45, 7) is 7.93. The van der Waals surface area contributed by atoms with Crippen LogP contribution in [-0.2, 0) is 0 Å². The van der Waals surface area contributed by atoms with Crippen molar-refractivity contribution in [2.45, 2.75) is 33.7 Å². The zero-order valence-corrected chi connectivity index (χ0v) is 18.3. The van der Waals surface area contributed by atoms with Crippen molar-refractivity contribution >= 4 is 27.9 Å². The third-order valence-corrected chi connectivity index (χ3v) is 5.76. The maximum atomic E-state index is 13.9. The number of rotatable bonds is 4. The molecule has 2 N–H and O–H groups in total. The Bertz CT molecular complexity index is 1510. The predicted octanol–water partition coefficient (Wildman–Crippen LogP) is 4.15. The lowest BCUT2D eigenvalue weighted by atomic mass is 10.1. The molecule has 0 bridgehead atoms. The van der Waals surface area contributed by atoms with E-state index >= 15 is 0 Å². The highest BCUT2D eigenvalue weighted by Gasteiger charge is 2.22. The third-order valence-electron chi connectivity index (χ3n) is 5.76. The fourth-order valence-corrected chi connectivity index (χ4v) is 4.22. The molecule has 0 spiro atoms. The molecule has 2 aromatic carbocycles. The van der Waals surface area contributed by atoms with E-state index in [0.29, 0.717) is 33.7 Å². The standard InChI is InChI=1S/C24H23N7O/c1-13-7-6-10-17-18(13)24(32)31(20-14(2)8-5-9-15(20)3)23(30-17)16(4)29-22-19-21(26-11-25-19)27-12-28-22/h5-12,16H,1-4H3,(H2,25,26,27,28,29). The van der Waals surface area contributed by atoms with E-state index in [4.69, 9.17) is 4.98 Å². The van der Waals surface area contributed by atoms with Gasteiger partial charge in [0.2, 0.25) is 0 Å². The number of aryl methyl sites for hydroxylation is 3. The molecule has 5 aromatic rings. The highest BCUT2D eigenvalue weighted by molar-refractivity contribution is 5.83. The van der Waals surface area contributed by atoms with Gasteiger partial charge in [0.15, 0.2) is 11.5 Å². The second kappa shape index (κ2) is 7.56. The topological polar surface area (TPSA) is 101 Å². The number of para-hydroxylation sites is 1. The van der Waals surface area contributed by atoms with E-state index in [1.54, 1.807) is 10.9 Å². The van der Waals surface area contributed by atoms with Crippen LogP contribution in [0.5, 0.6) is 0 Å². The van der Waals surface area contributed by atoms with E-state index in [-0.39, 0.29) is 11.6 Å². The Labute approximate surface area is 184 Å². The second-order valence-corrected chi connectivity index (χ2v) is 8.01. The van der Waals surface area contributed by atoms with Crippen LogP contribution in [-0.4, -0.2) is 29.5 Å². The van der Waals surface area contributed by atoms with Crippen LogP contribution in [0, 0.1) is 20.8 Å². The molecule has 1 atom stereocenters. The van der Waals surface area contributed by atoms with Crippen molar-refractivity contribution < 1.29 is 0 Å². The van der Waals surface area contributed by atoms with Gasteiger partial charge in [-0.1, -0.05) is 30.3 Å². The van der Waals surface area contributed by atoms with Gasteiger partial charge in [0.25, 0.3) is 5.56 Å². The Kier molecular flexibility index (Phi) is 4.70. The molecule has 0 radical (unpaired) electrons. The summed E-state index contributed by atoms with van der Waals surface area (Å²) >= 11 is 0. The number of aromatic nitrogens is 6. The number of nitrogens with zero attached hydrogens (tertiary/aromatic N) is 5. The molecule has 0 fully saturated rings. The number of hydrogen-bond acceptors (Lipinski definition) is 6. The average Bonchev–Trinajstić information content (AvgIpc) is 3.24. The van der Waals surface area contributed by atoms with Crippen LogP contribution in [0.1, 0.15) is 35.5 Å². The van der Waals surface area contributed by atoms with Crippen LogP contribution in [0.15, 0.2) is 53.8 Å². The lowest BCUT2D eigenvalue weighted by molar-refractivity contribution is 0.727. The summed E-state index contributed by atoms with van der Waals surface area (Å²) in [6.07, 6.45) is 3.05. The van der Waals surface area contributed by atoms with Gasteiger partial charge in [-0.25, -0.2) is 19.9 Å². The lowest BCUT2D eigenvalue weighted by Crippen LogP contribution is -2.29. The molecule has 160 valence electrons. The Morgan fingerprint density at radius 3 is 2.47 bits per heavy atom. The lowest BCUT2D eigenvalue weighted by Gasteiger charge is -2.22. The van der Waals surface area contributed by atoms with Gasteiger partial charge in [0, 0.05) is 0 Å². The fourth-order valence-electron chi connectivity index (χ4n) is 4.22. The molecule has 0 saturated heterocycles. The van der Waals surface area contributed by atoms with Crippen LogP contribution >= 0.6 is 0 Å². The van der Waals surface area contributed by atoms with Crippen LogP contribution in [0.3, 0.4) is 0 Å².